The van der Waals surface area contributed by atoms with Crippen LogP contribution in [0.2, 0.25) is 0 Å². The molecule has 0 aromatic heterocycles. The number of quaternary nitrogens is 1. The predicted octanol–water partition coefficient (Wildman–Crippen LogP) is 0.745. The third-order valence-electron chi connectivity index (χ3n) is 2.32. The van der Waals surface area contributed by atoms with Crippen molar-refractivity contribution in [3.8, 4) is 0 Å². The number of likely N-dealkylation sites (N-methyl/N-ethyl adjacent to an activating group) is 1. The number of rotatable bonds is 7. The number of hydrogen-bond donors (Lipinski definition) is 0. The molecule has 7 heteroatoms. The largest absolute Gasteiger partial charge is 0.870 e. The van der Waals surface area contributed by atoms with Gasteiger partial charge in [0.15, 0.2) is 0 Å². The SMILES string of the molecule is C=C(C)C(=O)[N+](C)(C)CCCS(=O)(=O)OCC.[OH-]. The normalized spacial score (nSPS) is 11.8. The summed E-state index contributed by atoms with van der Waals surface area (Å²) in [7, 11) is 0.0370. The second kappa shape index (κ2) is 7.63. The minimum Gasteiger partial charge on any atom is -0.870 e. The molecule has 0 aliphatic heterocycles. The molecule has 0 fully saturated rings. The van der Waals surface area contributed by atoms with Crippen LogP contribution in [0.4, 0.5) is 0 Å². The Morgan fingerprint density at radius 2 is 1.83 bits per heavy atom. The molecular formula is C11H23NO5S. The number of amides is 1. The second-order valence-corrected chi connectivity index (χ2v) is 6.28. The van der Waals surface area contributed by atoms with Crippen LogP contribution in [0, 0.1) is 0 Å². The lowest BCUT2D eigenvalue weighted by Crippen LogP contribution is -2.47. The van der Waals surface area contributed by atoms with Crippen LogP contribution in [-0.2, 0) is 19.1 Å². The van der Waals surface area contributed by atoms with Crippen molar-refractivity contribution in [2.24, 2.45) is 0 Å². The fraction of sp³-hybridized carbons (Fsp3) is 0.727. The summed E-state index contributed by atoms with van der Waals surface area (Å²) in [5.41, 5.74) is 0.475. The molecular weight excluding hydrogens is 258 g/mol. The molecule has 0 aromatic rings. The lowest BCUT2D eigenvalue weighted by Gasteiger charge is -2.26. The quantitative estimate of drug-likeness (QED) is 0.390. The predicted molar refractivity (Wildman–Crippen MR) is 68.8 cm³/mol. The Hall–Kier alpha value is -0.760. The molecule has 0 saturated heterocycles. The fourth-order valence-electron chi connectivity index (χ4n) is 1.49. The van der Waals surface area contributed by atoms with Crippen molar-refractivity contribution in [1.82, 2.24) is 0 Å². The van der Waals surface area contributed by atoms with Gasteiger partial charge in [0.1, 0.15) is 0 Å². The minimum absolute atomic E-state index is 0. The first-order valence-electron chi connectivity index (χ1n) is 5.53. The van der Waals surface area contributed by atoms with Gasteiger partial charge < -0.3 is 5.48 Å². The molecule has 0 aliphatic rings. The van der Waals surface area contributed by atoms with Crippen molar-refractivity contribution in [2.75, 3.05) is 33.0 Å². The van der Waals surface area contributed by atoms with Crippen LogP contribution in [0.3, 0.4) is 0 Å². The van der Waals surface area contributed by atoms with E-state index in [1.807, 2.05) is 0 Å². The molecule has 6 nitrogen and oxygen atoms in total. The summed E-state index contributed by atoms with van der Waals surface area (Å²) in [4.78, 5) is 11.7. The van der Waals surface area contributed by atoms with Crippen molar-refractivity contribution < 1.29 is 27.4 Å². The van der Waals surface area contributed by atoms with E-state index in [2.05, 4.69) is 10.8 Å². The van der Waals surface area contributed by atoms with Crippen LogP contribution in [0.15, 0.2) is 12.2 Å². The first kappa shape index (κ1) is 19.6. The van der Waals surface area contributed by atoms with Crippen molar-refractivity contribution in [1.29, 1.82) is 0 Å². The highest BCUT2D eigenvalue weighted by atomic mass is 32.2. The summed E-state index contributed by atoms with van der Waals surface area (Å²) < 4.78 is 27.3. The van der Waals surface area contributed by atoms with Crippen molar-refractivity contribution >= 4 is 16.0 Å². The molecule has 1 amide bonds. The smallest absolute Gasteiger partial charge is 0.340 e. The van der Waals surface area contributed by atoms with E-state index in [1.54, 1.807) is 27.9 Å². The highest BCUT2D eigenvalue weighted by Crippen LogP contribution is 2.08. The van der Waals surface area contributed by atoms with E-state index in [-0.39, 0.29) is 28.2 Å². The molecule has 0 rings (SSSR count). The van der Waals surface area contributed by atoms with Crippen molar-refractivity contribution in [3.05, 3.63) is 12.2 Å². The molecule has 18 heavy (non-hydrogen) atoms. The molecule has 0 saturated carbocycles. The summed E-state index contributed by atoms with van der Waals surface area (Å²) in [5, 5.41) is 0. The third kappa shape index (κ3) is 6.85. The summed E-state index contributed by atoms with van der Waals surface area (Å²) in [6, 6.07) is 0. The van der Waals surface area contributed by atoms with E-state index in [1.165, 1.54) is 0 Å². The molecule has 0 atom stereocenters. The van der Waals surface area contributed by atoms with Crippen LogP contribution in [0.1, 0.15) is 20.3 Å². The van der Waals surface area contributed by atoms with Crippen LogP contribution in [0.25, 0.3) is 0 Å². The standard InChI is InChI=1S/C11H22NO4S.H2O/c1-6-16-17(14,15)9-7-8-12(4,5)11(13)10(2)3;/h2,6-9H2,1,3-5H3;1H2/q+1;/p-1. The number of carbonyl (C=O) groups excluding carboxylic acids is 1. The van der Waals surface area contributed by atoms with Gasteiger partial charge in [-0.25, -0.2) is 4.79 Å². The van der Waals surface area contributed by atoms with Gasteiger partial charge in [-0.3, -0.25) is 8.67 Å². The number of nitrogens with zero attached hydrogens (tertiary/aromatic N) is 1. The Balaban J connectivity index is 0. The number of hydrogen-bond acceptors (Lipinski definition) is 5. The zero-order valence-corrected chi connectivity index (χ0v) is 12.3. The summed E-state index contributed by atoms with van der Waals surface area (Å²) in [5.74, 6) is -0.148. The van der Waals surface area contributed by atoms with Gasteiger partial charge in [-0.05, 0) is 13.8 Å². The van der Waals surface area contributed by atoms with E-state index in [4.69, 9.17) is 0 Å². The van der Waals surface area contributed by atoms with Gasteiger partial charge in [0, 0.05) is 12.0 Å². The number of carbonyl (C=O) groups is 1. The lowest BCUT2D eigenvalue weighted by atomic mass is 10.2. The van der Waals surface area contributed by atoms with E-state index >= 15 is 0 Å². The van der Waals surface area contributed by atoms with Gasteiger partial charge in [-0.15, -0.1) is 0 Å². The summed E-state index contributed by atoms with van der Waals surface area (Å²) >= 11 is 0. The molecule has 0 radical (unpaired) electrons. The summed E-state index contributed by atoms with van der Waals surface area (Å²) in [6.45, 7) is 7.47. The van der Waals surface area contributed by atoms with Gasteiger partial charge in [0.2, 0.25) is 0 Å². The van der Waals surface area contributed by atoms with E-state index in [0.29, 0.717) is 18.5 Å². The Morgan fingerprint density at radius 3 is 2.22 bits per heavy atom. The average Bonchev–Trinajstić information content (AvgIpc) is 2.15. The van der Waals surface area contributed by atoms with Gasteiger partial charge in [0.25, 0.3) is 10.1 Å². The Morgan fingerprint density at radius 1 is 1.33 bits per heavy atom. The molecule has 0 aromatic carbocycles. The maximum Gasteiger partial charge on any atom is 0.340 e. The van der Waals surface area contributed by atoms with E-state index < -0.39 is 10.1 Å². The van der Waals surface area contributed by atoms with E-state index in [0.717, 1.165) is 0 Å². The van der Waals surface area contributed by atoms with E-state index in [9.17, 15) is 13.2 Å². The zero-order chi connectivity index (χ0) is 13.7. The van der Waals surface area contributed by atoms with Crippen LogP contribution >= 0.6 is 0 Å². The van der Waals surface area contributed by atoms with Gasteiger partial charge in [-0.1, -0.05) is 6.58 Å². The van der Waals surface area contributed by atoms with Gasteiger partial charge in [0.05, 0.1) is 33.0 Å². The molecule has 0 heterocycles. The van der Waals surface area contributed by atoms with Crippen LogP contribution in [-0.4, -0.2) is 57.3 Å². The Kier molecular flexibility index (Phi) is 8.29. The maximum absolute atomic E-state index is 11.7. The molecule has 1 N–H and O–H groups in total. The van der Waals surface area contributed by atoms with Crippen LogP contribution in [0.5, 0.6) is 0 Å². The average molecular weight is 281 g/mol. The second-order valence-electron chi connectivity index (χ2n) is 4.52. The fourth-order valence-corrected chi connectivity index (χ4v) is 2.45. The highest BCUT2D eigenvalue weighted by Gasteiger charge is 2.27. The zero-order valence-electron chi connectivity index (χ0n) is 11.5. The molecule has 0 spiro atoms. The van der Waals surface area contributed by atoms with Gasteiger partial charge in [-0.2, -0.15) is 8.42 Å². The van der Waals surface area contributed by atoms with Crippen LogP contribution < -0.4 is 0 Å². The van der Waals surface area contributed by atoms with Crippen molar-refractivity contribution in [2.45, 2.75) is 20.3 Å². The molecule has 108 valence electrons. The highest BCUT2D eigenvalue weighted by molar-refractivity contribution is 7.86. The Labute approximate surface area is 109 Å². The lowest BCUT2D eigenvalue weighted by molar-refractivity contribution is -0.811. The summed E-state index contributed by atoms with van der Waals surface area (Å²) in [6.07, 6.45) is 0.383. The monoisotopic (exact) mass is 281 g/mol. The van der Waals surface area contributed by atoms with Crippen molar-refractivity contribution in [3.63, 3.8) is 0 Å². The minimum atomic E-state index is -3.44. The third-order valence-corrected chi connectivity index (χ3v) is 3.71. The topological polar surface area (TPSA) is 90.4 Å². The van der Waals surface area contributed by atoms with Gasteiger partial charge >= 0.3 is 5.91 Å². The maximum atomic E-state index is 11.7. The first-order valence-corrected chi connectivity index (χ1v) is 7.10. The molecule has 0 bridgehead atoms. The molecule has 0 aliphatic carbocycles. The first-order chi connectivity index (χ1) is 7.62. The molecule has 0 unspecified atom stereocenters. The Bertz CT molecular complexity index is 386.